The van der Waals surface area contributed by atoms with E-state index in [4.69, 9.17) is 0 Å². The second kappa shape index (κ2) is 5.62. The van der Waals surface area contributed by atoms with Crippen molar-refractivity contribution in [3.8, 4) is 0 Å². The molecule has 20 heavy (non-hydrogen) atoms. The fraction of sp³-hybridized carbons (Fsp3) is 0.250. The summed E-state index contributed by atoms with van der Waals surface area (Å²) in [6.07, 6.45) is -1.32. The van der Waals surface area contributed by atoms with Crippen molar-refractivity contribution in [2.24, 2.45) is 0 Å². The number of aliphatic hydroxyl groups excluding tert-OH is 1. The van der Waals surface area contributed by atoms with Gasteiger partial charge in [0.2, 0.25) is 0 Å². The highest BCUT2D eigenvalue weighted by atomic mass is 79.9. The van der Waals surface area contributed by atoms with Gasteiger partial charge in [0.25, 0.3) is 0 Å². The predicted molar refractivity (Wildman–Crippen MR) is 78.8 cm³/mol. The molecular formula is C16H15BrF2O. The summed E-state index contributed by atoms with van der Waals surface area (Å²) in [5.41, 5.74) is 3.06. The summed E-state index contributed by atoms with van der Waals surface area (Å²) in [5.74, 6) is -1.52. The Kier molecular flexibility index (Phi) is 4.25. The maximum atomic E-state index is 13.9. The van der Waals surface area contributed by atoms with Crippen molar-refractivity contribution in [1.29, 1.82) is 0 Å². The van der Waals surface area contributed by atoms with Crippen LogP contribution in [0.3, 0.4) is 0 Å². The van der Waals surface area contributed by atoms with Gasteiger partial charge in [0, 0.05) is 4.47 Å². The van der Waals surface area contributed by atoms with E-state index in [2.05, 4.69) is 15.9 Å². The first-order chi connectivity index (χ1) is 9.31. The fourth-order valence-electron chi connectivity index (χ4n) is 2.25. The van der Waals surface area contributed by atoms with Crippen LogP contribution in [0.5, 0.6) is 0 Å². The third-order valence-electron chi connectivity index (χ3n) is 3.49. The molecule has 2 rings (SSSR count). The van der Waals surface area contributed by atoms with Crippen LogP contribution < -0.4 is 0 Å². The highest BCUT2D eigenvalue weighted by Gasteiger charge is 2.22. The van der Waals surface area contributed by atoms with Gasteiger partial charge in [-0.3, -0.25) is 0 Å². The molecule has 0 radical (unpaired) electrons. The van der Waals surface area contributed by atoms with Crippen molar-refractivity contribution in [3.05, 3.63) is 68.2 Å². The van der Waals surface area contributed by atoms with Crippen molar-refractivity contribution in [2.45, 2.75) is 26.9 Å². The molecule has 1 unspecified atom stereocenters. The zero-order valence-corrected chi connectivity index (χ0v) is 13.1. The molecule has 4 heteroatoms. The van der Waals surface area contributed by atoms with Crippen molar-refractivity contribution < 1.29 is 13.9 Å². The van der Waals surface area contributed by atoms with Gasteiger partial charge in [-0.25, -0.2) is 8.78 Å². The monoisotopic (exact) mass is 340 g/mol. The lowest BCUT2D eigenvalue weighted by Crippen LogP contribution is -2.08. The first-order valence-corrected chi connectivity index (χ1v) is 7.00. The zero-order valence-electron chi connectivity index (χ0n) is 11.5. The van der Waals surface area contributed by atoms with E-state index in [0.29, 0.717) is 10.0 Å². The van der Waals surface area contributed by atoms with Crippen LogP contribution in [0.1, 0.15) is 33.9 Å². The van der Waals surface area contributed by atoms with Gasteiger partial charge in [-0.1, -0.05) is 28.1 Å². The molecule has 2 aromatic carbocycles. The van der Waals surface area contributed by atoms with Crippen LogP contribution >= 0.6 is 15.9 Å². The number of halogens is 3. The summed E-state index contributed by atoms with van der Waals surface area (Å²) in [6.45, 7) is 5.68. The first-order valence-electron chi connectivity index (χ1n) is 6.21. The summed E-state index contributed by atoms with van der Waals surface area (Å²) in [7, 11) is 0. The minimum absolute atomic E-state index is 0.306. The Balaban J connectivity index is 2.57. The maximum absolute atomic E-state index is 13.9. The molecule has 0 fully saturated rings. The second-order valence-corrected chi connectivity index (χ2v) is 5.89. The van der Waals surface area contributed by atoms with Gasteiger partial charge in [0.05, 0.1) is 5.56 Å². The molecule has 0 amide bonds. The summed E-state index contributed by atoms with van der Waals surface area (Å²) in [5, 5.41) is 10.3. The number of rotatable bonds is 2. The minimum Gasteiger partial charge on any atom is -0.383 e. The molecule has 106 valence electrons. The Morgan fingerprint density at radius 2 is 1.40 bits per heavy atom. The normalized spacial score (nSPS) is 12.6. The molecule has 2 aromatic rings. The maximum Gasteiger partial charge on any atom is 0.133 e. The molecule has 1 N–H and O–H groups in total. The van der Waals surface area contributed by atoms with Crippen LogP contribution in [-0.4, -0.2) is 5.11 Å². The second-order valence-electron chi connectivity index (χ2n) is 4.98. The summed E-state index contributed by atoms with van der Waals surface area (Å²) >= 11 is 3.03. The van der Waals surface area contributed by atoms with E-state index in [1.165, 1.54) is 0 Å². The Morgan fingerprint density at radius 3 is 1.95 bits per heavy atom. The van der Waals surface area contributed by atoms with Gasteiger partial charge in [0.15, 0.2) is 0 Å². The van der Waals surface area contributed by atoms with E-state index in [1.54, 1.807) is 6.07 Å². The van der Waals surface area contributed by atoms with Gasteiger partial charge in [-0.05, 0) is 55.2 Å². The van der Waals surface area contributed by atoms with Gasteiger partial charge in [0.1, 0.15) is 17.7 Å². The molecule has 1 atom stereocenters. The van der Waals surface area contributed by atoms with Crippen LogP contribution in [0.15, 0.2) is 28.7 Å². The Hall–Kier alpha value is -1.26. The minimum atomic E-state index is -1.32. The van der Waals surface area contributed by atoms with E-state index in [-0.39, 0.29) is 5.56 Å². The van der Waals surface area contributed by atoms with E-state index in [0.717, 1.165) is 28.8 Å². The van der Waals surface area contributed by atoms with Crippen molar-refractivity contribution in [1.82, 2.24) is 0 Å². The van der Waals surface area contributed by atoms with E-state index in [9.17, 15) is 13.9 Å². The topological polar surface area (TPSA) is 20.2 Å². The van der Waals surface area contributed by atoms with Crippen LogP contribution in [0.4, 0.5) is 8.78 Å². The highest BCUT2D eigenvalue weighted by Crippen LogP contribution is 2.32. The van der Waals surface area contributed by atoms with Gasteiger partial charge >= 0.3 is 0 Å². The van der Waals surface area contributed by atoms with Crippen molar-refractivity contribution in [2.75, 3.05) is 0 Å². The van der Waals surface area contributed by atoms with Crippen LogP contribution in [0, 0.1) is 32.4 Å². The number of aryl methyl sites for hydroxylation is 3. The smallest absolute Gasteiger partial charge is 0.133 e. The van der Waals surface area contributed by atoms with E-state index >= 15 is 0 Å². The van der Waals surface area contributed by atoms with Gasteiger partial charge in [-0.15, -0.1) is 0 Å². The Morgan fingerprint density at radius 1 is 0.900 bits per heavy atom. The highest BCUT2D eigenvalue weighted by molar-refractivity contribution is 9.10. The third-order valence-corrected chi connectivity index (χ3v) is 3.95. The zero-order chi connectivity index (χ0) is 15.0. The number of hydrogen-bond donors (Lipinski definition) is 1. The Bertz CT molecular complexity index is 645. The third kappa shape index (κ3) is 2.76. The summed E-state index contributed by atoms with van der Waals surface area (Å²) in [6, 6.07) is 5.98. The number of aliphatic hydroxyl groups is 1. The number of hydrogen-bond acceptors (Lipinski definition) is 1. The van der Waals surface area contributed by atoms with Gasteiger partial charge < -0.3 is 5.11 Å². The largest absolute Gasteiger partial charge is 0.383 e. The van der Waals surface area contributed by atoms with Gasteiger partial charge in [-0.2, -0.15) is 0 Å². The molecule has 0 aliphatic heterocycles. The molecule has 0 bridgehead atoms. The lowest BCUT2D eigenvalue weighted by molar-refractivity contribution is 0.208. The lowest BCUT2D eigenvalue weighted by atomic mass is 9.93. The molecule has 0 spiro atoms. The molecule has 0 aliphatic carbocycles. The molecule has 0 aliphatic rings. The van der Waals surface area contributed by atoms with Crippen LogP contribution in [-0.2, 0) is 0 Å². The van der Waals surface area contributed by atoms with Crippen molar-refractivity contribution >= 4 is 15.9 Å². The van der Waals surface area contributed by atoms with E-state index in [1.807, 2.05) is 26.8 Å². The average molecular weight is 341 g/mol. The molecule has 0 heterocycles. The molecular weight excluding hydrogens is 326 g/mol. The summed E-state index contributed by atoms with van der Waals surface area (Å²) < 4.78 is 28.2. The van der Waals surface area contributed by atoms with E-state index < -0.39 is 17.7 Å². The van der Waals surface area contributed by atoms with Crippen LogP contribution in [0.2, 0.25) is 0 Å². The Labute approximate surface area is 125 Å². The molecule has 0 aromatic heterocycles. The predicted octanol–water partition coefficient (Wildman–Crippen LogP) is 4.73. The fourth-order valence-corrected chi connectivity index (χ4v) is 2.65. The van der Waals surface area contributed by atoms with Crippen LogP contribution in [0.25, 0.3) is 0 Å². The number of benzene rings is 2. The molecule has 1 nitrogen and oxygen atoms in total. The SMILES string of the molecule is Cc1cc(C)c(C(O)c2c(F)cc(Br)cc2F)cc1C. The molecule has 0 saturated heterocycles. The average Bonchev–Trinajstić information content (AvgIpc) is 2.32. The first kappa shape index (κ1) is 15.1. The standard InChI is InChI=1S/C16H15BrF2O/c1-8-4-10(3)12(5-9(8)2)16(20)15-13(18)6-11(17)7-14(15)19/h4-7,16,20H,1-3H3. The molecule has 0 saturated carbocycles. The lowest BCUT2D eigenvalue weighted by Gasteiger charge is -2.17. The van der Waals surface area contributed by atoms with Crippen molar-refractivity contribution in [3.63, 3.8) is 0 Å². The summed E-state index contributed by atoms with van der Waals surface area (Å²) in [4.78, 5) is 0. The quantitative estimate of drug-likeness (QED) is 0.837.